The molecule has 2 aromatic rings. The molecule has 2 rings (SSSR count). The third-order valence-corrected chi connectivity index (χ3v) is 3.18. The van der Waals surface area contributed by atoms with E-state index < -0.39 is 0 Å². The highest BCUT2D eigenvalue weighted by Gasteiger charge is 2.02. The van der Waals surface area contributed by atoms with Crippen LogP contribution in [0.4, 0.5) is 5.69 Å². The number of carbonyl (C=O) groups is 1. The van der Waals surface area contributed by atoms with Crippen LogP contribution >= 0.6 is 0 Å². The van der Waals surface area contributed by atoms with Crippen LogP contribution in [0.15, 0.2) is 42.6 Å². The predicted molar refractivity (Wildman–Crippen MR) is 77.2 cm³/mol. The molecule has 1 heterocycles. The van der Waals surface area contributed by atoms with Crippen LogP contribution in [0.1, 0.15) is 23.7 Å². The summed E-state index contributed by atoms with van der Waals surface area (Å²) in [4.78, 5) is 15.0. The van der Waals surface area contributed by atoms with Crippen molar-refractivity contribution in [1.82, 2.24) is 4.98 Å². The maximum absolute atomic E-state index is 10.5. The van der Waals surface area contributed by atoms with Crippen molar-refractivity contribution >= 4 is 12.1 Å². The molecule has 1 aromatic carbocycles. The van der Waals surface area contributed by atoms with E-state index in [4.69, 9.17) is 0 Å². The molecule has 1 N–H and O–H groups in total. The number of aromatic nitrogens is 1. The number of amides is 1. The van der Waals surface area contributed by atoms with E-state index in [1.165, 1.54) is 5.56 Å². The van der Waals surface area contributed by atoms with Crippen molar-refractivity contribution in [1.29, 1.82) is 0 Å². The van der Waals surface area contributed by atoms with Gasteiger partial charge in [-0.05, 0) is 42.5 Å². The average Bonchev–Trinajstić information content (AvgIpc) is 2.47. The quantitative estimate of drug-likeness (QED) is 0.805. The largest absolute Gasteiger partial charge is 0.328 e. The maximum Gasteiger partial charge on any atom is 0.211 e. The number of benzene rings is 1. The normalized spacial score (nSPS) is 10.2. The molecular weight excluding hydrogens is 236 g/mol. The van der Waals surface area contributed by atoms with Crippen molar-refractivity contribution in [3.05, 3.63) is 59.4 Å². The zero-order chi connectivity index (χ0) is 13.5. The Kier molecular flexibility index (Phi) is 4.67. The molecule has 19 heavy (non-hydrogen) atoms. The van der Waals surface area contributed by atoms with Crippen LogP contribution < -0.4 is 5.32 Å². The van der Waals surface area contributed by atoms with Crippen molar-refractivity contribution in [2.24, 2.45) is 0 Å². The average molecular weight is 254 g/mol. The van der Waals surface area contributed by atoms with Gasteiger partial charge in [0.15, 0.2) is 0 Å². The molecule has 1 aromatic heterocycles. The first kappa shape index (κ1) is 13.3. The fraction of sp³-hybridized carbons (Fsp3) is 0.250. The van der Waals surface area contributed by atoms with Crippen LogP contribution in [-0.4, -0.2) is 11.4 Å². The molecule has 0 aliphatic carbocycles. The summed E-state index contributed by atoms with van der Waals surface area (Å²) in [5.41, 5.74) is 4.35. The fourth-order valence-corrected chi connectivity index (χ4v) is 2.02. The minimum Gasteiger partial charge on any atom is -0.328 e. The Morgan fingerprint density at radius 1 is 1.16 bits per heavy atom. The van der Waals surface area contributed by atoms with E-state index in [0.717, 1.165) is 36.2 Å². The number of nitrogens with zero attached hydrogens (tertiary/aromatic N) is 1. The summed E-state index contributed by atoms with van der Waals surface area (Å²) in [5.74, 6) is 0. The molecule has 0 atom stereocenters. The van der Waals surface area contributed by atoms with Crippen molar-refractivity contribution < 1.29 is 4.79 Å². The number of para-hydroxylation sites is 1. The Hall–Kier alpha value is -2.16. The minimum atomic E-state index is 0.715. The Morgan fingerprint density at radius 2 is 2.00 bits per heavy atom. The van der Waals surface area contributed by atoms with Gasteiger partial charge >= 0.3 is 0 Å². The van der Waals surface area contributed by atoms with E-state index in [1.54, 1.807) is 0 Å². The van der Waals surface area contributed by atoms with Gasteiger partial charge in [0.05, 0.1) is 0 Å². The van der Waals surface area contributed by atoms with E-state index in [2.05, 4.69) is 29.4 Å². The molecular formula is C16H18N2O. The highest BCUT2D eigenvalue weighted by Crippen LogP contribution is 2.16. The van der Waals surface area contributed by atoms with Gasteiger partial charge in [0.25, 0.3) is 0 Å². The lowest BCUT2D eigenvalue weighted by Crippen LogP contribution is -2.01. The third-order valence-electron chi connectivity index (χ3n) is 3.18. The van der Waals surface area contributed by atoms with Crippen LogP contribution in [0, 0.1) is 0 Å². The standard InChI is InChI=1S/C16H18N2O/c1-2-13-7-9-15(17-11-13)10-8-14-5-3-4-6-16(14)18-12-19/h3-7,9,11-12H,2,8,10H2,1H3,(H,18,19). The van der Waals surface area contributed by atoms with Gasteiger partial charge in [-0.1, -0.05) is 31.2 Å². The Balaban J connectivity index is 2.03. The Bertz CT molecular complexity index is 535. The highest BCUT2D eigenvalue weighted by atomic mass is 16.1. The van der Waals surface area contributed by atoms with Crippen molar-refractivity contribution in [2.45, 2.75) is 26.2 Å². The predicted octanol–water partition coefficient (Wildman–Crippen LogP) is 3.00. The van der Waals surface area contributed by atoms with Gasteiger partial charge in [-0.25, -0.2) is 0 Å². The number of nitrogens with one attached hydrogen (secondary N) is 1. The molecule has 0 radical (unpaired) electrons. The number of rotatable bonds is 6. The second-order valence-corrected chi connectivity index (χ2v) is 4.43. The van der Waals surface area contributed by atoms with Crippen LogP contribution in [0.3, 0.4) is 0 Å². The van der Waals surface area contributed by atoms with Crippen molar-refractivity contribution in [2.75, 3.05) is 5.32 Å². The zero-order valence-electron chi connectivity index (χ0n) is 11.1. The number of pyridine rings is 1. The first-order valence-corrected chi connectivity index (χ1v) is 6.55. The number of hydrogen-bond donors (Lipinski definition) is 1. The van der Waals surface area contributed by atoms with E-state index in [1.807, 2.05) is 30.5 Å². The first-order valence-electron chi connectivity index (χ1n) is 6.55. The molecule has 0 fully saturated rings. The lowest BCUT2D eigenvalue weighted by Gasteiger charge is -2.08. The van der Waals surface area contributed by atoms with Gasteiger partial charge in [0.1, 0.15) is 0 Å². The monoisotopic (exact) mass is 254 g/mol. The topological polar surface area (TPSA) is 42.0 Å². The van der Waals surface area contributed by atoms with Gasteiger partial charge in [-0.3, -0.25) is 9.78 Å². The van der Waals surface area contributed by atoms with Crippen molar-refractivity contribution in [3.63, 3.8) is 0 Å². The highest BCUT2D eigenvalue weighted by molar-refractivity contribution is 5.73. The zero-order valence-corrected chi connectivity index (χ0v) is 11.1. The van der Waals surface area contributed by atoms with Gasteiger partial charge in [-0.15, -0.1) is 0 Å². The van der Waals surface area contributed by atoms with E-state index in [0.29, 0.717) is 6.41 Å². The summed E-state index contributed by atoms with van der Waals surface area (Å²) in [5, 5.41) is 2.73. The van der Waals surface area contributed by atoms with Gasteiger partial charge in [-0.2, -0.15) is 0 Å². The minimum absolute atomic E-state index is 0.715. The number of aryl methyl sites for hydroxylation is 3. The molecule has 0 aliphatic rings. The third kappa shape index (κ3) is 3.65. The van der Waals surface area contributed by atoms with Gasteiger partial charge in [0.2, 0.25) is 6.41 Å². The maximum atomic E-state index is 10.5. The summed E-state index contributed by atoms with van der Waals surface area (Å²) < 4.78 is 0. The van der Waals surface area contributed by atoms with E-state index in [-0.39, 0.29) is 0 Å². The van der Waals surface area contributed by atoms with Crippen LogP contribution in [0.25, 0.3) is 0 Å². The van der Waals surface area contributed by atoms with E-state index in [9.17, 15) is 4.79 Å². The second-order valence-electron chi connectivity index (χ2n) is 4.43. The Labute approximate surface area is 113 Å². The molecule has 3 heteroatoms. The smallest absolute Gasteiger partial charge is 0.211 e. The van der Waals surface area contributed by atoms with Gasteiger partial charge < -0.3 is 5.32 Å². The summed E-state index contributed by atoms with van der Waals surface area (Å²) in [6.07, 6.45) is 5.41. The number of carbonyl (C=O) groups excluding carboxylic acids is 1. The summed E-state index contributed by atoms with van der Waals surface area (Å²) >= 11 is 0. The molecule has 3 nitrogen and oxygen atoms in total. The molecule has 0 spiro atoms. The fourth-order valence-electron chi connectivity index (χ4n) is 2.02. The molecule has 0 aliphatic heterocycles. The Morgan fingerprint density at radius 3 is 2.68 bits per heavy atom. The van der Waals surface area contributed by atoms with Gasteiger partial charge in [0, 0.05) is 17.6 Å². The SMILES string of the molecule is CCc1ccc(CCc2ccccc2NC=O)nc1. The lowest BCUT2D eigenvalue weighted by atomic mass is 10.1. The second kappa shape index (κ2) is 6.69. The summed E-state index contributed by atoms with van der Waals surface area (Å²) in [7, 11) is 0. The number of anilines is 1. The van der Waals surface area contributed by atoms with E-state index >= 15 is 0 Å². The number of hydrogen-bond acceptors (Lipinski definition) is 2. The lowest BCUT2D eigenvalue weighted by molar-refractivity contribution is -0.105. The molecule has 0 bridgehead atoms. The molecule has 0 saturated heterocycles. The molecule has 98 valence electrons. The van der Waals surface area contributed by atoms with Crippen LogP contribution in [0.2, 0.25) is 0 Å². The molecule has 0 saturated carbocycles. The van der Waals surface area contributed by atoms with Crippen LogP contribution in [0.5, 0.6) is 0 Å². The molecule has 0 unspecified atom stereocenters. The summed E-state index contributed by atoms with van der Waals surface area (Å²) in [6, 6.07) is 12.1. The van der Waals surface area contributed by atoms with Crippen LogP contribution in [-0.2, 0) is 24.1 Å². The summed E-state index contributed by atoms with van der Waals surface area (Å²) in [6.45, 7) is 2.12. The van der Waals surface area contributed by atoms with Crippen molar-refractivity contribution in [3.8, 4) is 0 Å². The first-order chi connectivity index (χ1) is 9.33. The molecule has 1 amide bonds.